The van der Waals surface area contributed by atoms with E-state index in [1.807, 2.05) is 6.92 Å². The number of hydrogen-bond acceptors (Lipinski definition) is 3. The first-order chi connectivity index (χ1) is 9.56. The van der Waals surface area contributed by atoms with Gasteiger partial charge in [-0.05, 0) is 37.3 Å². The van der Waals surface area contributed by atoms with Gasteiger partial charge in [-0.15, -0.1) is 0 Å². The number of carbonyl (C=O) groups excluding carboxylic acids is 1. The summed E-state index contributed by atoms with van der Waals surface area (Å²) in [5.41, 5.74) is 0. The molecule has 0 aliphatic heterocycles. The average molecular weight is 359 g/mol. The number of carbonyl (C=O) groups is 1. The van der Waals surface area contributed by atoms with Crippen molar-refractivity contribution in [2.45, 2.75) is 13.0 Å². The average Bonchev–Trinajstić information content (AvgIpc) is 2.91. The van der Waals surface area contributed by atoms with Crippen LogP contribution in [0.4, 0.5) is 0 Å². The molecule has 106 valence electrons. The molecule has 2 aromatic rings. The van der Waals surface area contributed by atoms with Crippen LogP contribution in [0.3, 0.4) is 0 Å². The van der Waals surface area contributed by atoms with Gasteiger partial charge in [0.05, 0.1) is 17.3 Å². The van der Waals surface area contributed by atoms with Gasteiger partial charge in [0.1, 0.15) is 11.5 Å². The van der Waals surface area contributed by atoms with E-state index in [1.54, 1.807) is 36.6 Å². The van der Waals surface area contributed by atoms with Crippen LogP contribution in [-0.4, -0.2) is 12.5 Å². The lowest BCUT2D eigenvalue weighted by atomic mass is 10.2. The van der Waals surface area contributed by atoms with Gasteiger partial charge in [-0.1, -0.05) is 27.5 Å². The quantitative estimate of drug-likeness (QED) is 0.880. The fraction of sp³-hybridized carbons (Fsp3) is 0.214. The third kappa shape index (κ3) is 4.02. The van der Waals surface area contributed by atoms with Crippen molar-refractivity contribution in [3.05, 3.63) is 51.9 Å². The summed E-state index contributed by atoms with van der Waals surface area (Å²) in [6, 6.07) is 8.58. The monoisotopic (exact) mass is 357 g/mol. The van der Waals surface area contributed by atoms with Crippen LogP contribution in [0.1, 0.15) is 18.7 Å². The Morgan fingerprint density at radius 2 is 2.30 bits per heavy atom. The van der Waals surface area contributed by atoms with Gasteiger partial charge in [-0.3, -0.25) is 4.79 Å². The third-order valence-corrected chi connectivity index (χ3v) is 3.39. The maximum atomic E-state index is 11.8. The molecular weight excluding hydrogens is 346 g/mol. The van der Waals surface area contributed by atoms with E-state index in [9.17, 15) is 4.79 Å². The summed E-state index contributed by atoms with van der Waals surface area (Å²) in [5.74, 6) is 0.920. The molecule has 0 saturated carbocycles. The topological polar surface area (TPSA) is 51.5 Å². The molecule has 2 rings (SSSR count). The second-order valence-corrected chi connectivity index (χ2v) is 5.49. The first-order valence-electron chi connectivity index (χ1n) is 5.97. The normalized spacial score (nSPS) is 11.9. The molecule has 20 heavy (non-hydrogen) atoms. The predicted octanol–water partition coefficient (Wildman–Crippen LogP) is 3.95. The second kappa shape index (κ2) is 6.81. The summed E-state index contributed by atoms with van der Waals surface area (Å²) in [7, 11) is 0. The molecule has 0 aliphatic rings. The van der Waals surface area contributed by atoms with Crippen molar-refractivity contribution in [2.75, 3.05) is 6.61 Å². The van der Waals surface area contributed by atoms with Gasteiger partial charge >= 0.3 is 0 Å². The highest BCUT2D eigenvalue weighted by Crippen LogP contribution is 2.27. The Morgan fingerprint density at radius 1 is 1.50 bits per heavy atom. The Bertz CT molecular complexity index is 586. The first-order valence-corrected chi connectivity index (χ1v) is 7.14. The van der Waals surface area contributed by atoms with Crippen molar-refractivity contribution in [1.82, 2.24) is 5.32 Å². The zero-order valence-corrected chi connectivity index (χ0v) is 13.1. The van der Waals surface area contributed by atoms with Crippen LogP contribution < -0.4 is 10.1 Å². The van der Waals surface area contributed by atoms with Crippen molar-refractivity contribution < 1.29 is 13.9 Å². The second-order valence-electron chi connectivity index (χ2n) is 4.17. The van der Waals surface area contributed by atoms with E-state index in [1.165, 1.54) is 0 Å². The summed E-state index contributed by atoms with van der Waals surface area (Å²) in [4.78, 5) is 11.8. The molecule has 0 unspecified atom stereocenters. The number of hydrogen-bond donors (Lipinski definition) is 1. The van der Waals surface area contributed by atoms with Gasteiger partial charge in [0.2, 0.25) is 0 Å². The Labute approximate surface area is 130 Å². The van der Waals surface area contributed by atoms with Crippen LogP contribution in [0.2, 0.25) is 5.02 Å². The van der Waals surface area contributed by atoms with Crippen molar-refractivity contribution in [3.8, 4) is 5.75 Å². The Kier molecular flexibility index (Phi) is 5.09. The molecular formula is C14H13BrClNO3. The minimum absolute atomic E-state index is 0.105. The number of furan rings is 1. The summed E-state index contributed by atoms with van der Waals surface area (Å²) in [5, 5.41) is 3.22. The number of amides is 1. The van der Waals surface area contributed by atoms with Gasteiger partial charge < -0.3 is 14.5 Å². The summed E-state index contributed by atoms with van der Waals surface area (Å²) in [6.45, 7) is 1.73. The lowest BCUT2D eigenvalue weighted by Gasteiger charge is -2.12. The molecule has 0 fully saturated rings. The highest BCUT2D eigenvalue weighted by Gasteiger charge is 2.12. The van der Waals surface area contributed by atoms with Gasteiger partial charge in [0.25, 0.3) is 5.91 Å². The van der Waals surface area contributed by atoms with Crippen molar-refractivity contribution in [1.29, 1.82) is 0 Å². The molecule has 0 spiro atoms. The van der Waals surface area contributed by atoms with E-state index in [2.05, 4.69) is 21.2 Å². The Hall–Kier alpha value is -1.46. The number of nitrogens with one attached hydrogen (secondary N) is 1. The van der Waals surface area contributed by atoms with Gasteiger partial charge in [0, 0.05) is 4.47 Å². The number of benzene rings is 1. The predicted molar refractivity (Wildman–Crippen MR) is 79.9 cm³/mol. The molecule has 1 amide bonds. The van der Waals surface area contributed by atoms with Crippen LogP contribution in [-0.2, 0) is 4.79 Å². The molecule has 1 aromatic carbocycles. The molecule has 6 heteroatoms. The fourth-order valence-electron chi connectivity index (χ4n) is 1.63. The zero-order valence-electron chi connectivity index (χ0n) is 10.7. The Morgan fingerprint density at radius 3 is 2.95 bits per heavy atom. The van der Waals surface area contributed by atoms with Crippen LogP contribution in [0.15, 0.2) is 45.5 Å². The van der Waals surface area contributed by atoms with Crippen molar-refractivity contribution >= 4 is 33.4 Å². The molecule has 1 N–H and O–H groups in total. The molecule has 1 aromatic heterocycles. The SMILES string of the molecule is C[C@@H](NC(=O)COc1ccc(Br)cc1Cl)c1ccco1. The third-order valence-electron chi connectivity index (χ3n) is 2.60. The van der Waals surface area contributed by atoms with Crippen LogP contribution >= 0.6 is 27.5 Å². The molecule has 1 heterocycles. The largest absolute Gasteiger partial charge is 0.482 e. The maximum Gasteiger partial charge on any atom is 0.258 e. The van der Waals surface area contributed by atoms with Gasteiger partial charge in [-0.2, -0.15) is 0 Å². The van der Waals surface area contributed by atoms with E-state index in [0.717, 1.165) is 4.47 Å². The molecule has 0 radical (unpaired) electrons. The zero-order chi connectivity index (χ0) is 14.5. The van der Waals surface area contributed by atoms with E-state index in [0.29, 0.717) is 16.5 Å². The van der Waals surface area contributed by atoms with Crippen LogP contribution in [0.25, 0.3) is 0 Å². The number of rotatable bonds is 5. The van der Waals surface area contributed by atoms with E-state index >= 15 is 0 Å². The lowest BCUT2D eigenvalue weighted by Crippen LogP contribution is -2.31. The molecule has 4 nitrogen and oxygen atoms in total. The number of ether oxygens (including phenoxy) is 1. The molecule has 1 atom stereocenters. The molecule has 0 aliphatic carbocycles. The smallest absolute Gasteiger partial charge is 0.258 e. The standard InChI is InChI=1S/C14H13BrClNO3/c1-9(12-3-2-6-19-12)17-14(18)8-20-13-5-4-10(15)7-11(13)16/h2-7,9H,8H2,1H3,(H,17,18)/t9-/m1/s1. The first kappa shape index (κ1) is 14.9. The van der Waals surface area contributed by atoms with Gasteiger partial charge in [0.15, 0.2) is 6.61 Å². The highest BCUT2D eigenvalue weighted by atomic mass is 79.9. The van der Waals surface area contributed by atoms with Crippen LogP contribution in [0, 0.1) is 0 Å². The van der Waals surface area contributed by atoms with E-state index < -0.39 is 0 Å². The van der Waals surface area contributed by atoms with E-state index in [4.69, 9.17) is 20.8 Å². The maximum absolute atomic E-state index is 11.8. The Balaban J connectivity index is 1.86. The molecule has 0 bridgehead atoms. The van der Waals surface area contributed by atoms with Gasteiger partial charge in [-0.25, -0.2) is 0 Å². The minimum atomic E-state index is -0.243. The highest BCUT2D eigenvalue weighted by molar-refractivity contribution is 9.10. The minimum Gasteiger partial charge on any atom is -0.482 e. The summed E-state index contributed by atoms with van der Waals surface area (Å²) < 4.78 is 11.4. The summed E-state index contributed by atoms with van der Waals surface area (Å²) in [6.07, 6.45) is 1.57. The van der Waals surface area contributed by atoms with Crippen molar-refractivity contribution in [2.24, 2.45) is 0 Å². The molecule has 0 saturated heterocycles. The van der Waals surface area contributed by atoms with E-state index in [-0.39, 0.29) is 18.6 Å². The number of halogens is 2. The van der Waals surface area contributed by atoms with Crippen molar-refractivity contribution in [3.63, 3.8) is 0 Å². The van der Waals surface area contributed by atoms with Crippen LogP contribution in [0.5, 0.6) is 5.75 Å². The fourth-order valence-corrected chi connectivity index (χ4v) is 2.36. The lowest BCUT2D eigenvalue weighted by molar-refractivity contribution is -0.123. The summed E-state index contributed by atoms with van der Waals surface area (Å²) >= 11 is 9.30.